The lowest BCUT2D eigenvalue weighted by molar-refractivity contribution is 0.0697. The second-order valence-electron chi connectivity index (χ2n) is 4.28. The van der Waals surface area contributed by atoms with Crippen molar-refractivity contribution in [1.29, 1.82) is 0 Å². The SMILES string of the molecule is COc1ccc(C(=O)O)c(NC2(CO)CC2)c1. The van der Waals surface area contributed by atoms with Crippen molar-refractivity contribution in [2.45, 2.75) is 18.4 Å². The minimum absolute atomic E-state index is 0.00324. The number of nitrogens with one attached hydrogen (secondary N) is 1. The third-order valence-electron chi connectivity index (χ3n) is 3.01. The van der Waals surface area contributed by atoms with Crippen LogP contribution in [-0.4, -0.2) is 35.4 Å². The molecule has 0 atom stereocenters. The van der Waals surface area contributed by atoms with E-state index >= 15 is 0 Å². The maximum atomic E-state index is 11.1. The average molecular weight is 237 g/mol. The van der Waals surface area contributed by atoms with E-state index in [0.717, 1.165) is 12.8 Å². The average Bonchev–Trinajstić information content (AvgIpc) is 3.09. The summed E-state index contributed by atoms with van der Waals surface area (Å²) in [5.41, 5.74) is 0.324. The number of methoxy groups -OCH3 is 1. The number of hydrogen-bond acceptors (Lipinski definition) is 4. The van der Waals surface area contributed by atoms with Crippen molar-refractivity contribution >= 4 is 11.7 Å². The van der Waals surface area contributed by atoms with Crippen LogP contribution in [0.4, 0.5) is 5.69 Å². The van der Waals surface area contributed by atoms with Crippen molar-refractivity contribution in [2.75, 3.05) is 19.0 Å². The number of carbonyl (C=O) groups is 1. The summed E-state index contributed by atoms with van der Waals surface area (Å²) in [5, 5.41) is 21.4. The number of aromatic carboxylic acids is 1. The van der Waals surface area contributed by atoms with Crippen LogP contribution in [-0.2, 0) is 0 Å². The van der Waals surface area contributed by atoms with Crippen molar-refractivity contribution in [3.63, 3.8) is 0 Å². The third kappa shape index (κ3) is 2.34. The van der Waals surface area contributed by atoms with Gasteiger partial charge in [-0.1, -0.05) is 0 Å². The van der Waals surface area contributed by atoms with Crippen molar-refractivity contribution in [1.82, 2.24) is 0 Å². The first-order valence-electron chi connectivity index (χ1n) is 5.41. The molecule has 0 amide bonds. The summed E-state index contributed by atoms with van der Waals surface area (Å²) >= 11 is 0. The lowest BCUT2D eigenvalue weighted by Gasteiger charge is -2.18. The lowest BCUT2D eigenvalue weighted by Crippen LogP contribution is -2.26. The summed E-state index contributed by atoms with van der Waals surface area (Å²) in [6, 6.07) is 4.74. The van der Waals surface area contributed by atoms with Crippen molar-refractivity contribution in [2.24, 2.45) is 0 Å². The van der Waals surface area contributed by atoms with E-state index in [1.165, 1.54) is 13.2 Å². The molecule has 5 nitrogen and oxygen atoms in total. The smallest absolute Gasteiger partial charge is 0.337 e. The third-order valence-corrected chi connectivity index (χ3v) is 3.01. The number of benzene rings is 1. The van der Waals surface area contributed by atoms with Gasteiger partial charge in [0, 0.05) is 6.07 Å². The molecule has 0 bridgehead atoms. The minimum atomic E-state index is -0.996. The monoisotopic (exact) mass is 237 g/mol. The number of aliphatic hydroxyl groups excluding tert-OH is 1. The highest BCUT2D eigenvalue weighted by atomic mass is 16.5. The van der Waals surface area contributed by atoms with Crippen LogP contribution < -0.4 is 10.1 Å². The first-order valence-corrected chi connectivity index (χ1v) is 5.41. The van der Waals surface area contributed by atoms with Crippen molar-refractivity contribution in [3.8, 4) is 5.75 Å². The summed E-state index contributed by atoms with van der Waals surface area (Å²) in [7, 11) is 1.53. The van der Waals surface area contributed by atoms with Crippen molar-refractivity contribution in [3.05, 3.63) is 23.8 Å². The fourth-order valence-corrected chi connectivity index (χ4v) is 1.70. The lowest BCUT2D eigenvalue weighted by atomic mass is 10.1. The van der Waals surface area contributed by atoms with E-state index in [2.05, 4.69) is 5.32 Å². The van der Waals surface area contributed by atoms with Crippen LogP contribution >= 0.6 is 0 Å². The summed E-state index contributed by atoms with van der Waals surface area (Å²) in [4.78, 5) is 11.1. The van der Waals surface area contributed by atoms with Gasteiger partial charge >= 0.3 is 5.97 Å². The molecule has 0 unspecified atom stereocenters. The second kappa shape index (κ2) is 4.25. The number of carboxylic acid groups (broad SMARTS) is 1. The van der Waals surface area contributed by atoms with Crippen LogP contribution in [0.2, 0.25) is 0 Å². The molecule has 1 aromatic carbocycles. The van der Waals surface area contributed by atoms with Gasteiger partial charge < -0.3 is 20.3 Å². The molecule has 3 N–H and O–H groups in total. The van der Waals surface area contributed by atoms with Gasteiger partial charge in [-0.2, -0.15) is 0 Å². The fourth-order valence-electron chi connectivity index (χ4n) is 1.70. The number of aliphatic hydroxyl groups is 1. The Bertz CT molecular complexity index is 440. The standard InChI is InChI=1S/C12H15NO4/c1-17-8-2-3-9(11(15)16)10(6-8)13-12(7-14)4-5-12/h2-3,6,13-14H,4-5,7H2,1H3,(H,15,16). The molecule has 0 saturated heterocycles. The molecule has 0 aromatic heterocycles. The van der Waals surface area contributed by atoms with Gasteiger partial charge in [0.1, 0.15) is 5.75 Å². The number of carboxylic acids is 1. The van der Waals surface area contributed by atoms with Gasteiger partial charge in [0.2, 0.25) is 0 Å². The van der Waals surface area contributed by atoms with Gasteiger partial charge in [0.15, 0.2) is 0 Å². The quantitative estimate of drug-likeness (QED) is 0.720. The van der Waals surface area contributed by atoms with Gasteiger partial charge in [-0.25, -0.2) is 4.79 Å². The van der Waals surface area contributed by atoms with Crippen LogP contribution in [0.5, 0.6) is 5.75 Å². The van der Waals surface area contributed by atoms with Crippen LogP contribution in [0.1, 0.15) is 23.2 Å². The van der Waals surface area contributed by atoms with Gasteiger partial charge in [-0.05, 0) is 25.0 Å². The Morgan fingerprint density at radius 2 is 2.24 bits per heavy atom. The molecule has 0 radical (unpaired) electrons. The zero-order valence-corrected chi connectivity index (χ0v) is 9.56. The van der Waals surface area contributed by atoms with Gasteiger partial charge in [0.25, 0.3) is 0 Å². The molecular formula is C12H15NO4. The Balaban J connectivity index is 2.31. The molecule has 1 fully saturated rings. The summed E-state index contributed by atoms with van der Waals surface area (Å²) in [6.45, 7) is 0.00324. The second-order valence-corrected chi connectivity index (χ2v) is 4.28. The summed E-state index contributed by atoms with van der Waals surface area (Å²) in [5.74, 6) is -0.407. The molecule has 5 heteroatoms. The molecule has 0 aliphatic heterocycles. The Morgan fingerprint density at radius 1 is 1.53 bits per heavy atom. The Kier molecular flexibility index (Phi) is 2.93. The molecule has 0 heterocycles. The zero-order chi connectivity index (χ0) is 12.5. The molecule has 1 aliphatic rings. The molecule has 92 valence electrons. The normalized spacial score (nSPS) is 16.4. The summed E-state index contributed by atoms with van der Waals surface area (Å²) < 4.78 is 5.06. The number of ether oxygens (including phenoxy) is 1. The first-order chi connectivity index (χ1) is 8.10. The fraction of sp³-hybridized carbons (Fsp3) is 0.417. The molecule has 1 aliphatic carbocycles. The van der Waals surface area contributed by atoms with Gasteiger partial charge in [-0.3, -0.25) is 0 Å². The summed E-state index contributed by atoms with van der Waals surface area (Å²) in [6.07, 6.45) is 1.69. The maximum absolute atomic E-state index is 11.1. The molecule has 1 aromatic rings. The van der Waals surface area contributed by atoms with Gasteiger partial charge in [-0.15, -0.1) is 0 Å². The molecule has 2 rings (SSSR count). The van der Waals surface area contributed by atoms with Gasteiger partial charge in [0.05, 0.1) is 30.5 Å². The minimum Gasteiger partial charge on any atom is -0.497 e. The van der Waals surface area contributed by atoms with Crippen LogP contribution in [0, 0.1) is 0 Å². The molecule has 17 heavy (non-hydrogen) atoms. The predicted octanol–water partition coefficient (Wildman–Crippen LogP) is 1.33. The predicted molar refractivity (Wildman–Crippen MR) is 62.6 cm³/mol. The van der Waals surface area contributed by atoms with Crippen LogP contribution in [0.3, 0.4) is 0 Å². The van der Waals surface area contributed by atoms with Crippen LogP contribution in [0.15, 0.2) is 18.2 Å². The topological polar surface area (TPSA) is 78.8 Å². The van der Waals surface area contributed by atoms with E-state index in [1.54, 1.807) is 12.1 Å². The van der Waals surface area contributed by atoms with E-state index in [9.17, 15) is 9.90 Å². The molecule has 1 saturated carbocycles. The van der Waals surface area contributed by atoms with E-state index in [-0.39, 0.29) is 17.7 Å². The Hall–Kier alpha value is -1.75. The van der Waals surface area contributed by atoms with Crippen LogP contribution in [0.25, 0.3) is 0 Å². The van der Waals surface area contributed by atoms with E-state index in [0.29, 0.717) is 11.4 Å². The number of rotatable bonds is 5. The zero-order valence-electron chi connectivity index (χ0n) is 9.56. The Labute approximate surface area is 99.0 Å². The number of anilines is 1. The molecule has 0 spiro atoms. The first kappa shape index (κ1) is 11.7. The van der Waals surface area contributed by atoms with E-state index in [4.69, 9.17) is 9.84 Å². The highest BCUT2D eigenvalue weighted by Gasteiger charge is 2.42. The van der Waals surface area contributed by atoms with Crippen molar-refractivity contribution < 1.29 is 19.7 Å². The molecular weight excluding hydrogens is 222 g/mol. The Morgan fingerprint density at radius 3 is 2.71 bits per heavy atom. The highest BCUT2D eigenvalue weighted by Crippen LogP contribution is 2.39. The number of hydrogen-bond donors (Lipinski definition) is 3. The maximum Gasteiger partial charge on any atom is 0.337 e. The largest absolute Gasteiger partial charge is 0.497 e. The van der Waals surface area contributed by atoms with E-state index in [1.807, 2.05) is 0 Å². The van der Waals surface area contributed by atoms with E-state index < -0.39 is 5.97 Å². The highest BCUT2D eigenvalue weighted by molar-refractivity contribution is 5.94.